The van der Waals surface area contributed by atoms with Crippen molar-refractivity contribution in [1.82, 2.24) is 9.88 Å². The zero-order chi connectivity index (χ0) is 18.7. The Hall–Kier alpha value is -2.34. The maximum absolute atomic E-state index is 13.2. The van der Waals surface area contributed by atoms with Gasteiger partial charge < -0.3 is 14.6 Å². The Morgan fingerprint density at radius 3 is 2.62 bits per heavy atom. The minimum Gasteiger partial charge on any atom is -0.461 e. The monoisotopic (exact) mass is 357 g/mol. The van der Waals surface area contributed by atoms with Crippen molar-refractivity contribution in [2.24, 2.45) is 0 Å². The summed E-state index contributed by atoms with van der Waals surface area (Å²) < 4.78 is 5.19. The fourth-order valence-electron chi connectivity index (χ4n) is 3.46. The third-order valence-corrected chi connectivity index (χ3v) is 4.91. The lowest BCUT2D eigenvalue weighted by Gasteiger charge is -2.27. The van der Waals surface area contributed by atoms with Crippen molar-refractivity contribution >= 4 is 22.6 Å². The van der Waals surface area contributed by atoms with E-state index in [9.17, 15) is 9.59 Å². The number of aromatic amines is 1. The number of piperidine rings is 1. The molecule has 1 N–H and O–H groups in total. The maximum Gasteiger partial charge on any atom is 0.355 e. The molecule has 1 aliphatic rings. The van der Waals surface area contributed by atoms with Crippen LogP contribution in [0.1, 0.15) is 42.2 Å². The van der Waals surface area contributed by atoms with E-state index in [2.05, 4.69) is 9.88 Å². The van der Waals surface area contributed by atoms with Crippen molar-refractivity contribution in [2.75, 3.05) is 38.7 Å². The molecule has 3 rings (SSSR count). The summed E-state index contributed by atoms with van der Waals surface area (Å²) in [6, 6.07) is 5.65. The third kappa shape index (κ3) is 3.75. The number of hydrogen-bond acceptors (Lipinski definition) is 5. The van der Waals surface area contributed by atoms with Crippen LogP contribution in [-0.4, -0.2) is 49.6 Å². The SMILES string of the molecule is CCOC(=O)c1[nH]c2ccc(N(C)C)cc2c(=O)c1CN1CCCCC1. The number of ether oxygens (including phenoxy) is 1. The summed E-state index contributed by atoms with van der Waals surface area (Å²) in [6.45, 7) is 4.44. The van der Waals surface area contributed by atoms with Crippen LogP contribution in [0, 0.1) is 0 Å². The lowest BCUT2D eigenvalue weighted by Crippen LogP contribution is -2.33. The molecule has 140 valence electrons. The van der Waals surface area contributed by atoms with Gasteiger partial charge in [-0.1, -0.05) is 6.42 Å². The Morgan fingerprint density at radius 2 is 1.96 bits per heavy atom. The molecule has 1 fully saturated rings. The van der Waals surface area contributed by atoms with Crippen molar-refractivity contribution in [2.45, 2.75) is 32.7 Å². The number of esters is 1. The number of likely N-dealkylation sites (tertiary alicyclic amines) is 1. The minimum absolute atomic E-state index is 0.0870. The third-order valence-electron chi connectivity index (χ3n) is 4.91. The van der Waals surface area contributed by atoms with Crippen LogP contribution in [0.5, 0.6) is 0 Å². The molecule has 2 aromatic rings. The number of hydrogen-bond donors (Lipinski definition) is 1. The van der Waals surface area contributed by atoms with Crippen LogP contribution in [0.2, 0.25) is 0 Å². The molecular formula is C20H27N3O3. The Bertz CT molecular complexity index is 851. The standard InChI is InChI=1S/C20H27N3O3/c1-4-26-20(25)18-16(13-23-10-6-5-7-11-23)19(24)15-12-14(22(2)3)8-9-17(15)21-18/h8-9,12H,4-7,10-11,13H2,1-3H3,(H,21,24). The first-order valence-corrected chi connectivity index (χ1v) is 9.27. The molecule has 26 heavy (non-hydrogen) atoms. The molecule has 0 amide bonds. The molecule has 0 atom stereocenters. The molecule has 0 bridgehead atoms. The predicted molar refractivity (Wildman–Crippen MR) is 104 cm³/mol. The number of anilines is 1. The van der Waals surface area contributed by atoms with Gasteiger partial charge in [0.1, 0.15) is 5.69 Å². The van der Waals surface area contributed by atoms with Gasteiger partial charge in [-0.2, -0.15) is 0 Å². The topological polar surface area (TPSA) is 65.6 Å². The summed E-state index contributed by atoms with van der Waals surface area (Å²) in [7, 11) is 3.88. The van der Waals surface area contributed by atoms with Crippen LogP contribution in [0.3, 0.4) is 0 Å². The van der Waals surface area contributed by atoms with Crippen molar-refractivity contribution in [3.63, 3.8) is 0 Å². The number of H-pyrrole nitrogens is 1. The number of aromatic nitrogens is 1. The molecule has 6 nitrogen and oxygen atoms in total. The summed E-state index contributed by atoms with van der Waals surface area (Å²) in [4.78, 5) is 33.1. The van der Waals surface area contributed by atoms with E-state index >= 15 is 0 Å². The van der Waals surface area contributed by atoms with Gasteiger partial charge >= 0.3 is 5.97 Å². The number of benzene rings is 1. The molecule has 0 aliphatic carbocycles. The molecule has 6 heteroatoms. The minimum atomic E-state index is -0.463. The molecule has 0 spiro atoms. The van der Waals surface area contributed by atoms with Gasteiger partial charge in [0.2, 0.25) is 0 Å². The van der Waals surface area contributed by atoms with Gasteiger partial charge in [-0.25, -0.2) is 4.79 Å². The summed E-state index contributed by atoms with van der Waals surface area (Å²) >= 11 is 0. The highest BCUT2D eigenvalue weighted by atomic mass is 16.5. The zero-order valence-corrected chi connectivity index (χ0v) is 15.8. The van der Waals surface area contributed by atoms with Gasteiger partial charge in [-0.05, 0) is 51.1 Å². The largest absolute Gasteiger partial charge is 0.461 e. The molecule has 1 saturated heterocycles. The van der Waals surface area contributed by atoms with E-state index in [1.165, 1.54) is 6.42 Å². The summed E-state index contributed by atoms with van der Waals surface area (Å²) in [5.41, 5.74) is 2.32. The number of nitrogens with zero attached hydrogens (tertiary/aromatic N) is 2. The van der Waals surface area contributed by atoms with Crippen LogP contribution in [-0.2, 0) is 11.3 Å². The predicted octanol–water partition coefficient (Wildman–Crippen LogP) is 2.76. The maximum atomic E-state index is 13.2. The summed E-state index contributed by atoms with van der Waals surface area (Å²) in [5.74, 6) is -0.463. The normalized spacial score (nSPS) is 15.2. The fraction of sp³-hybridized carbons (Fsp3) is 0.500. The molecular weight excluding hydrogens is 330 g/mol. The average molecular weight is 357 g/mol. The summed E-state index contributed by atoms with van der Waals surface area (Å²) in [5, 5.41) is 0.608. The van der Waals surface area contributed by atoms with E-state index in [0.717, 1.165) is 31.6 Å². The Morgan fingerprint density at radius 1 is 1.23 bits per heavy atom. The summed E-state index contributed by atoms with van der Waals surface area (Å²) in [6.07, 6.45) is 3.48. The Labute approximate surface area is 153 Å². The van der Waals surface area contributed by atoms with Crippen LogP contribution in [0.15, 0.2) is 23.0 Å². The van der Waals surface area contributed by atoms with Gasteiger partial charge in [0.05, 0.1) is 12.1 Å². The number of rotatable bonds is 5. The molecule has 1 aliphatic heterocycles. The average Bonchev–Trinajstić information content (AvgIpc) is 2.64. The van der Waals surface area contributed by atoms with E-state index in [0.29, 0.717) is 23.0 Å². The van der Waals surface area contributed by atoms with Gasteiger partial charge in [0, 0.05) is 37.3 Å². The second-order valence-electron chi connectivity index (χ2n) is 6.99. The number of carbonyl (C=O) groups is 1. The molecule has 1 aromatic carbocycles. The number of fused-ring (bicyclic) bond motifs is 1. The van der Waals surface area contributed by atoms with E-state index in [1.54, 1.807) is 6.92 Å². The van der Waals surface area contributed by atoms with Crippen molar-refractivity contribution in [3.8, 4) is 0 Å². The van der Waals surface area contributed by atoms with E-state index < -0.39 is 5.97 Å². The lowest BCUT2D eigenvalue weighted by molar-refractivity contribution is 0.0516. The first-order valence-electron chi connectivity index (χ1n) is 9.27. The molecule has 0 unspecified atom stereocenters. The van der Waals surface area contributed by atoms with Gasteiger partial charge in [0.25, 0.3) is 0 Å². The Kier molecular flexibility index (Phi) is 5.61. The van der Waals surface area contributed by atoms with Gasteiger partial charge in [-0.15, -0.1) is 0 Å². The molecule has 1 aromatic heterocycles. The van der Waals surface area contributed by atoms with Crippen molar-refractivity contribution in [1.29, 1.82) is 0 Å². The number of nitrogens with one attached hydrogen (secondary N) is 1. The molecule has 2 heterocycles. The second kappa shape index (κ2) is 7.91. The van der Waals surface area contributed by atoms with Crippen LogP contribution in [0.4, 0.5) is 5.69 Å². The second-order valence-corrected chi connectivity index (χ2v) is 6.99. The quantitative estimate of drug-likeness (QED) is 0.834. The van der Waals surface area contributed by atoms with Crippen LogP contribution >= 0.6 is 0 Å². The lowest BCUT2D eigenvalue weighted by atomic mass is 10.0. The van der Waals surface area contributed by atoms with E-state index in [-0.39, 0.29) is 17.7 Å². The van der Waals surface area contributed by atoms with Crippen molar-refractivity contribution in [3.05, 3.63) is 39.7 Å². The van der Waals surface area contributed by atoms with Crippen LogP contribution < -0.4 is 10.3 Å². The van der Waals surface area contributed by atoms with Crippen molar-refractivity contribution < 1.29 is 9.53 Å². The smallest absolute Gasteiger partial charge is 0.355 e. The number of carbonyl (C=O) groups excluding carboxylic acids is 1. The highest BCUT2D eigenvalue weighted by Gasteiger charge is 2.22. The Balaban J connectivity index is 2.12. The highest BCUT2D eigenvalue weighted by Crippen LogP contribution is 2.21. The van der Waals surface area contributed by atoms with E-state index in [1.807, 2.05) is 37.2 Å². The van der Waals surface area contributed by atoms with Gasteiger partial charge in [0.15, 0.2) is 5.43 Å². The highest BCUT2D eigenvalue weighted by molar-refractivity contribution is 5.93. The first kappa shape index (κ1) is 18.5. The molecule has 0 radical (unpaired) electrons. The molecule has 0 saturated carbocycles. The zero-order valence-electron chi connectivity index (χ0n) is 15.8. The van der Waals surface area contributed by atoms with E-state index in [4.69, 9.17) is 4.74 Å². The number of pyridine rings is 1. The first-order chi connectivity index (χ1) is 12.5. The fourth-order valence-corrected chi connectivity index (χ4v) is 3.46. The van der Waals surface area contributed by atoms with Gasteiger partial charge in [-0.3, -0.25) is 9.69 Å². The van der Waals surface area contributed by atoms with Crippen LogP contribution in [0.25, 0.3) is 10.9 Å².